The van der Waals surface area contributed by atoms with E-state index in [1.165, 1.54) is 49.6 Å². The molecule has 1 fully saturated rings. The number of carbonyl (C=O) groups excluding carboxylic acids is 1. The maximum atomic E-state index is 13.2. The molecule has 1 amide bonds. The molecule has 26 heavy (non-hydrogen) atoms. The van der Waals surface area contributed by atoms with Crippen molar-refractivity contribution >= 4 is 27.5 Å². The van der Waals surface area contributed by atoms with Crippen LogP contribution in [0.25, 0.3) is 0 Å². The third-order valence-corrected chi connectivity index (χ3v) is 6.24. The van der Waals surface area contributed by atoms with Crippen LogP contribution in [-0.4, -0.2) is 38.8 Å². The van der Waals surface area contributed by atoms with E-state index in [-0.39, 0.29) is 23.0 Å². The molecule has 138 valence electrons. The first-order valence-corrected chi connectivity index (χ1v) is 9.55. The van der Waals surface area contributed by atoms with Crippen LogP contribution in [0.2, 0.25) is 5.02 Å². The van der Waals surface area contributed by atoms with E-state index >= 15 is 0 Å². The summed E-state index contributed by atoms with van der Waals surface area (Å²) < 4.78 is 45.6. The molecule has 0 bridgehead atoms. The van der Waals surface area contributed by atoms with Crippen molar-refractivity contribution in [3.05, 3.63) is 58.9 Å². The maximum Gasteiger partial charge on any atom is 0.244 e. The molecule has 1 saturated heterocycles. The summed E-state index contributed by atoms with van der Waals surface area (Å²) in [5.74, 6) is -0.593. The highest BCUT2D eigenvalue weighted by molar-refractivity contribution is 7.89. The van der Waals surface area contributed by atoms with Crippen molar-refractivity contribution < 1.29 is 22.3 Å². The lowest BCUT2D eigenvalue weighted by molar-refractivity contribution is -0.126. The third kappa shape index (κ3) is 3.40. The second-order valence-electron chi connectivity index (χ2n) is 5.66. The Kier molecular flexibility index (Phi) is 5.17. The number of nitrogens with zero attached hydrogens (tertiary/aromatic N) is 1. The number of nitrogens with one attached hydrogen (secondary N) is 1. The van der Waals surface area contributed by atoms with Crippen LogP contribution in [0, 0.1) is 5.82 Å². The molecule has 2 aromatic rings. The molecule has 0 radical (unpaired) electrons. The van der Waals surface area contributed by atoms with Crippen LogP contribution in [0.4, 0.5) is 4.39 Å². The Morgan fingerprint density at radius 1 is 1.23 bits per heavy atom. The average molecular weight is 399 g/mol. The number of methoxy groups -OCH3 is 1. The van der Waals surface area contributed by atoms with E-state index in [1.54, 1.807) is 0 Å². The first-order chi connectivity index (χ1) is 12.3. The van der Waals surface area contributed by atoms with Gasteiger partial charge in [-0.15, -0.1) is 0 Å². The van der Waals surface area contributed by atoms with Gasteiger partial charge in [0.15, 0.2) is 0 Å². The predicted octanol–water partition coefficient (Wildman–Crippen LogP) is 2.35. The van der Waals surface area contributed by atoms with Crippen LogP contribution >= 0.6 is 11.6 Å². The minimum Gasteiger partial charge on any atom is -0.495 e. The predicted molar refractivity (Wildman–Crippen MR) is 94.0 cm³/mol. The van der Waals surface area contributed by atoms with Crippen molar-refractivity contribution in [3.63, 3.8) is 0 Å². The molecule has 3 rings (SSSR count). The van der Waals surface area contributed by atoms with Crippen LogP contribution in [0.15, 0.2) is 47.4 Å². The molecule has 9 heteroatoms. The van der Waals surface area contributed by atoms with Gasteiger partial charge >= 0.3 is 0 Å². The maximum absolute atomic E-state index is 13.2. The number of piperazine rings is 1. The van der Waals surface area contributed by atoms with E-state index < -0.39 is 27.8 Å². The summed E-state index contributed by atoms with van der Waals surface area (Å²) in [6.45, 7) is 0.263. The fraction of sp³-hybridized carbons (Fsp3) is 0.235. The number of sulfonamides is 1. The van der Waals surface area contributed by atoms with Gasteiger partial charge in [-0.2, -0.15) is 4.31 Å². The molecule has 1 N–H and O–H groups in total. The minimum absolute atomic E-state index is 0.0508. The largest absolute Gasteiger partial charge is 0.495 e. The molecule has 1 unspecified atom stereocenters. The molecule has 0 aromatic heterocycles. The Morgan fingerprint density at radius 3 is 2.54 bits per heavy atom. The molecular formula is C17H16ClFN2O4S. The molecule has 0 aliphatic carbocycles. The van der Waals surface area contributed by atoms with E-state index in [1.807, 2.05) is 0 Å². The van der Waals surface area contributed by atoms with E-state index in [9.17, 15) is 17.6 Å². The molecule has 1 aliphatic heterocycles. The summed E-state index contributed by atoms with van der Waals surface area (Å²) in [6, 6.07) is 8.18. The lowest BCUT2D eigenvalue weighted by Gasteiger charge is -2.34. The molecule has 1 heterocycles. The molecule has 0 spiro atoms. The SMILES string of the molecule is COc1ccc(S(=O)(=O)N2CCNC(=O)C2c2ccc(F)cc2)cc1Cl. The normalized spacial score (nSPS) is 18.4. The first kappa shape index (κ1) is 18.6. The smallest absolute Gasteiger partial charge is 0.244 e. The summed E-state index contributed by atoms with van der Waals surface area (Å²) in [5, 5.41) is 2.79. The van der Waals surface area contributed by atoms with Crippen LogP contribution < -0.4 is 10.1 Å². The van der Waals surface area contributed by atoms with Crippen molar-refractivity contribution in [1.82, 2.24) is 9.62 Å². The zero-order chi connectivity index (χ0) is 18.9. The van der Waals surface area contributed by atoms with Gasteiger partial charge in [-0.05, 0) is 35.9 Å². The molecular weight excluding hydrogens is 383 g/mol. The summed E-state index contributed by atoms with van der Waals surface area (Å²) in [6.07, 6.45) is 0. The van der Waals surface area contributed by atoms with Gasteiger partial charge in [0.1, 0.15) is 17.6 Å². The van der Waals surface area contributed by atoms with E-state index in [0.717, 1.165) is 4.31 Å². The van der Waals surface area contributed by atoms with Gasteiger partial charge in [-0.3, -0.25) is 4.79 Å². The monoisotopic (exact) mass is 398 g/mol. The Balaban J connectivity index is 2.04. The second kappa shape index (κ2) is 7.22. The van der Waals surface area contributed by atoms with Crippen LogP contribution in [0.5, 0.6) is 5.75 Å². The third-order valence-electron chi connectivity index (χ3n) is 4.08. The molecule has 6 nitrogen and oxygen atoms in total. The highest BCUT2D eigenvalue weighted by atomic mass is 35.5. The molecule has 2 aromatic carbocycles. The topological polar surface area (TPSA) is 75.7 Å². The van der Waals surface area contributed by atoms with E-state index in [2.05, 4.69) is 5.32 Å². The van der Waals surface area contributed by atoms with Crippen LogP contribution in [0.1, 0.15) is 11.6 Å². The molecule has 1 atom stereocenters. The summed E-state index contributed by atoms with van der Waals surface area (Å²) in [5.41, 5.74) is 0.381. The number of carbonyl (C=O) groups is 1. The minimum atomic E-state index is -4.01. The van der Waals surface area contributed by atoms with Gasteiger partial charge in [-0.1, -0.05) is 23.7 Å². The highest BCUT2D eigenvalue weighted by Crippen LogP contribution is 2.33. The second-order valence-corrected chi connectivity index (χ2v) is 7.95. The van der Waals surface area contributed by atoms with Gasteiger partial charge in [0.05, 0.1) is 17.0 Å². The van der Waals surface area contributed by atoms with Crippen LogP contribution in [0.3, 0.4) is 0 Å². The number of rotatable bonds is 4. The van der Waals surface area contributed by atoms with Gasteiger partial charge in [-0.25, -0.2) is 12.8 Å². The summed E-state index contributed by atoms with van der Waals surface area (Å²) in [4.78, 5) is 12.3. The van der Waals surface area contributed by atoms with E-state index in [4.69, 9.17) is 16.3 Å². The average Bonchev–Trinajstić information content (AvgIpc) is 2.62. The fourth-order valence-electron chi connectivity index (χ4n) is 2.81. The van der Waals surface area contributed by atoms with Crippen molar-refractivity contribution in [2.75, 3.05) is 20.2 Å². The zero-order valence-electron chi connectivity index (χ0n) is 13.8. The Morgan fingerprint density at radius 2 is 1.92 bits per heavy atom. The van der Waals surface area contributed by atoms with Gasteiger partial charge in [0.25, 0.3) is 0 Å². The van der Waals surface area contributed by atoms with Crippen molar-refractivity contribution in [2.45, 2.75) is 10.9 Å². The van der Waals surface area contributed by atoms with Crippen molar-refractivity contribution in [2.24, 2.45) is 0 Å². The van der Waals surface area contributed by atoms with E-state index in [0.29, 0.717) is 11.3 Å². The lowest BCUT2D eigenvalue weighted by atomic mass is 10.0. The quantitative estimate of drug-likeness (QED) is 0.857. The standard InChI is InChI=1S/C17H16ClFN2O4S/c1-25-15-7-6-13(10-14(15)18)26(23,24)21-9-8-20-17(22)16(21)11-2-4-12(19)5-3-11/h2-7,10,16H,8-9H2,1H3,(H,20,22). The van der Waals surface area contributed by atoms with Gasteiger partial charge < -0.3 is 10.1 Å². The number of halogens is 2. The zero-order valence-corrected chi connectivity index (χ0v) is 15.3. The van der Waals surface area contributed by atoms with Gasteiger partial charge in [0.2, 0.25) is 15.9 Å². The molecule has 1 aliphatic rings. The lowest BCUT2D eigenvalue weighted by Crippen LogP contribution is -2.52. The van der Waals surface area contributed by atoms with Gasteiger partial charge in [0, 0.05) is 13.1 Å². The number of hydrogen-bond donors (Lipinski definition) is 1. The number of amides is 1. The van der Waals surface area contributed by atoms with Crippen molar-refractivity contribution in [1.29, 1.82) is 0 Å². The Bertz CT molecular complexity index is 934. The Hall–Kier alpha value is -2.16. The van der Waals surface area contributed by atoms with Crippen LogP contribution in [-0.2, 0) is 14.8 Å². The summed E-state index contributed by atoms with van der Waals surface area (Å²) >= 11 is 6.05. The Labute approximate surface area is 155 Å². The number of benzene rings is 2. The van der Waals surface area contributed by atoms with Crippen molar-refractivity contribution in [3.8, 4) is 5.75 Å². The highest BCUT2D eigenvalue weighted by Gasteiger charge is 2.39. The number of ether oxygens (including phenoxy) is 1. The summed E-state index contributed by atoms with van der Waals surface area (Å²) in [7, 11) is -2.59. The number of hydrogen-bond acceptors (Lipinski definition) is 4. The fourth-order valence-corrected chi connectivity index (χ4v) is 4.74. The first-order valence-electron chi connectivity index (χ1n) is 7.73. The molecule has 0 saturated carbocycles.